The topological polar surface area (TPSA) is 34.9 Å². The number of aromatic nitrogens is 2. The number of nitrogens with zero attached hydrogens (tertiary/aromatic N) is 2. The van der Waals surface area contributed by atoms with E-state index in [-0.39, 0.29) is 11.5 Å². The Kier molecular flexibility index (Phi) is 2.28. The summed E-state index contributed by atoms with van der Waals surface area (Å²) in [6.45, 7) is 0.546. The largest absolute Gasteiger partial charge is 0.298 e. The predicted octanol–water partition coefficient (Wildman–Crippen LogP) is 2.65. The molecule has 2 heterocycles. The van der Waals surface area contributed by atoms with Crippen molar-refractivity contribution in [3.05, 3.63) is 28.1 Å². The van der Waals surface area contributed by atoms with E-state index in [0.717, 1.165) is 11.3 Å². The highest BCUT2D eigenvalue weighted by atomic mass is 35.5. The van der Waals surface area contributed by atoms with Gasteiger partial charge in [-0.2, -0.15) is 0 Å². The zero-order valence-electron chi connectivity index (χ0n) is 8.19. The third-order valence-corrected chi connectivity index (χ3v) is 4.57. The lowest BCUT2D eigenvalue weighted by Crippen LogP contribution is -2.21. The Morgan fingerprint density at radius 3 is 3.06 bits per heavy atom. The van der Waals surface area contributed by atoms with Gasteiger partial charge in [0.05, 0.1) is 11.7 Å². The molecule has 0 bridgehead atoms. The summed E-state index contributed by atoms with van der Waals surface area (Å²) >= 11 is 13.3. The van der Waals surface area contributed by atoms with Crippen LogP contribution in [0.5, 0.6) is 0 Å². The lowest BCUT2D eigenvalue weighted by atomic mass is 10.4. The molecule has 6 heteroatoms. The van der Waals surface area contributed by atoms with Crippen LogP contribution in [0.1, 0.15) is 6.42 Å². The first-order chi connectivity index (χ1) is 7.58. The standard InChI is InChI=1S/C10H8Cl2N2OS/c11-10(12)3-6(10)4-14-5-13-8-7(9(14)15)1-2-16-8/h1-2,5-6H,3-4H2/t6-/m0/s1. The summed E-state index contributed by atoms with van der Waals surface area (Å²) in [5.74, 6) is 0.159. The van der Waals surface area contributed by atoms with Crippen molar-refractivity contribution in [1.29, 1.82) is 0 Å². The quantitative estimate of drug-likeness (QED) is 0.790. The van der Waals surface area contributed by atoms with Crippen LogP contribution in [0.2, 0.25) is 0 Å². The molecule has 1 aliphatic rings. The van der Waals surface area contributed by atoms with Crippen molar-refractivity contribution in [2.75, 3.05) is 0 Å². The van der Waals surface area contributed by atoms with Gasteiger partial charge in [-0.3, -0.25) is 9.36 Å². The minimum absolute atomic E-state index is 0.0118. The van der Waals surface area contributed by atoms with Crippen molar-refractivity contribution < 1.29 is 0 Å². The Balaban J connectivity index is 1.98. The van der Waals surface area contributed by atoms with Crippen LogP contribution in [0.25, 0.3) is 10.2 Å². The monoisotopic (exact) mass is 274 g/mol. The molecule has 1 saturated carbocycles. The summed E-state index contributed by atoms with van der Waals surface area (Å²) in [5, 5.41) is 2.54. The lowest BCUT2D eigenvalue weighted by Gasteiger charge is -2.04. The summed E-state index contributed by atoms with van der Waals surface area (Å²) in [7, 11) is 0. The summed E-state index contributed by atoms with van der Waals surface area (Å²) in [4.78, 5) is 17.0. The molecule has 0 aliphatic heterocycles. The molecular weight excluding hydrogens is 267 g/mol. The minimum atomic E-state index is -0.650. The van der Waals surface area contributed by atoms with E-state index in [1.165, 1.54) is 11.3 Å². The van der Waals surface area contributed by atoms with Crippen molar-refractivity contribution in [3.8, 4) is 0 Å². The van der Waals surface area contributed by atoms with Crippen LogP contribution in [-0.4, -0.2) is 13.9 Å². The molecule has 16 heavy (non-hydrogen) atoms. The Bertz CT molecular complexity index is 604. The maximum atomic E-state index is 12.0. The first-order valence-electron chi connectivity index (χ1n) is 4.88. The van der Waals surface area contributed by atoms with E-state index >= 15 is 0 Å². The van der Waals surface area contributed by atoms with Crippen LogP contribution >= 0.6 is 34.5 Å². The van der Waals surface area contributed by atoms with Gasteiger partial charge in [-0.05, 0) is 17.9 Å². The number of alkyl halides is 2. The van der Waals surface area contributed by atoms with E-state index in [9.17, 15) is 4.79 Å². The van der Waals surface area contributed by atoms with Gasteiger partial charge in [-0.1, -0.05) is 0 Å². The number of halogens is 2. The molecule has 3 nitrogen and oxygen atoms in total. The first-order valence-corrected chi connectivity index (χ1v) is 6.52. The molecule has 84 valence electrons. The summed E-state index contributed by atoms with van der Waals surface area (Å²) in [6, 6.07) is 1.80. The third kappa shape index (κ3) is 1.65. The number of fused-ring (bicyclic) bond motifs is 1. The van der Waals surface area contributed by atoms with Gasteiger partial charge in [0, 0.05) is 12.5 Å². The Hall–Kier alpha value is -0.580. The number of hydrogen-bond acceptors (Lipinski definition) is 3. The zero-order valence-corrected chi connectivity index (χ0v) is 10.5. The lowest BCUT2D eigenvalue weighted by molar-refractivity contribution is 0.597. The fourth-order valence-corrected chi connectivity index (χ4v) is 2.96. The Morgan fingerprint density at radius 1 is 1.62 bits per heavy atom. The summed E-state index contributed by atoms with van der Waals surface area (Å²) < 4.78 is 0.940. The van der Waals surface area contributed by atoms with Crippen molar-refractivity contribution in [1.82, 2.24) is 9.55 Å². The first kappa shape index (κ1) is 10.6. The second-order valence-corrected chi connectivity index (χ2v) is 6.44. The number of rotatable bonds is 2. The molecule has 1 aliphatic carbocycles. The van der Waals surface area contributed by atoms with Gasteiger partial charge in [-0.25, -0.2) is 4.98 Å². The minimum Gasteiger partial charge on any atom is -0.298 e. The molecule has 0 amide bonds. The number of hydrogen-bond donors (Lipinski definition) is 0. The van der Waals surface area contributed by atoms with Crippen molar-refractivity contribution in [3.63, 3.8) is 0 Å². The van der Waals surface area contributed by atoms with Gasteiger partial charge in [0.2, 0.25) is 0 Å². The SMILES string of the molecule is O=c1c2ccsc2ncn1C[C@@H]1CC1(Cl)Cl. The van der Waals surface area contributed by atoms with E-state index < -0.39 is 4.33 Å². The molecule has 0 N–H and O–H groups in total. The van der Waals surface area contributed by atoms with Crippen LogP contribution in [0.3, 0.4) is 0 Å². The predicted molar refractivity (Wildman–Crippen MR) is 66.4 cm³/mol. The molecule has 2 aromatic heterocycles. The van der Waals surface area contributed by atoms with Gasteiger partial charge in [0.25, 0.3) is 5.56 Å². The smallest absolute Gasteiger partial charge is 0.262 e. The second-order valence-electron chi connectivity index (χ2n) is 4.00. The van der Waals surface area contributed by atoms with E-state index in [1.807, 2.05) is 5.38 Å². The molecule has 0 radical (unpaired) electrons. The normalized spacial score (nSPS) is 22.5. The Morgan fingerprint density at radius 2 is 2.38 bits per heavy atom. The molecule has 0 aromatic carbocycles. The molecule has 1 atom stereocenters. The van der Waals surface area contributed by atoms with Crippen LogP contribution < -0.4 is 5.56 Å². The van der Waals surface area contributed by atoms with Crippen molar-refractivity contribution >= 4 is 44.8 Å². The highest BCUT2D eigenvalue weighted by Gasteiger charge is 2.51. The average Bonchev–Trinajstić information content (AvgIpc) is 2.66. The zero-order chi connectivity index (χ0) is 11.3. The van der Waals surface area contributed by atoms with E-state index in [1.54, 1.807) is 17.0 Å². The van der Waals surface area contributed by atoms with E-state index in [2.05, 4.69) is 4.98 Å². The second kappa shape index (κ2) is 3.45. The van der Waals surface area contributed by atoms with Crippen molar-refractivity contribution in [2.45, 2.75) is 17.3 Å². The molecular formula is C10H8Cl2N2OS. The maximum absolute atomic E-state index is 12.0. The van der Waals surface area contributed by atoms with Gasteiger partial charge in [-0.15, -0.1) is 34.5 Å². The van der Waals surface area contributed by atoms with Crippen LogP contribution in [0, 0.1) is 5.92 Å². The van der Waals surface area contributed by atoms with Gasteiger partial charge in [0.15, 0.2) is 0 Å². The fraction of sp³-hybridized carbons (Fsp3) is 0.400. The van der Waals surface area contributed by atoms with Crippen LogP contribution in [0.15, 0.2) is 22.6 Å². The fourth-order valence-electron chi connectivity index (χ4n) is 1.73. The van der Waals surface area contributed by atoms with E-state index in [0.29, 0.717) is 11.9 Å². The van der Waals surface area contributed by atoms with Gasteiger partial charge >= 0.3 is 0 Å². The maximum Gasteiger partial charge on any atom is 0.262 e. The molecule has 0 unspecified atom stereocenters. The summed E-state index contributed by atoms with van der Waals surface area (Å²) in [6.07, 6.45) is 2.31. The molecule has 1 fully saturated rings. The number of thiophene rings is 1. The van der Waals surface area contributed by atoms with Crippen LogP contribution in [0.4, 0.5) is 0 Å². The summed E-state index contributed by atoms with van der Waals surface area (Å²) in [5.41, 5.74) is -0.0118. The highest BCUT2D eigenvalue weighted by Crippen LogP contribution is 2.53. The van der Waals surface area contributed by atoms with Gasteiger partial charge in [0.1, 0.15) is 9.16 Å². The molecule has 2 aromatic rings. The highest BCUT2D eigenvalue weighted by molar-refractivity contribution is 7.16. The average molecular weight is 275 g/mol. The van der Waals surface area contributed by atoms with Crippen LogP contribution in [-0.2, 0) is 6.54 Å². The van der Waals surface area contributed by atoms with Crippen molar-refractivity contribution in [2.24, 2.45) is 5.92 Å². The third-order valence-electron chi connectivity index (χ3n) is 2.82. The Labute approximate surface area is 106 Å². The van der Waals surface area contributed by atoms with E-state index in [4.69, 9.17) is 23.2 Å². The molecule has 0 spiro atoms. The van der Waals surface area contributed by atoms with Gasteiger partial charge < -0.3 is 0 Å². The molecule has 0 saturated heterocycles. The molecule has 3 rings (SSSR count).